The molecule has 43 nitrogen and oxygen atoms in total. The van der Waals surface area contributed by atoms with Crippen LogP contribution < -0.4 is 42.5 Å². The van der Waals surface area contributed by atoms with Crippen molar-refractivity contribution in [3.8, 4) is 0 Å². The van der Waals surface area contributed by atoms with Crippen LogP contribution >= 0.6 is 0 Å². The number of hydrogen-bond donors (Lipinski definition) is 8. The zero-order chi connectivity index (χ0) is 108. The number of ketones is 1. The van der Waals surface area contributed by atoms with Crippen molar-refractivity contribution >= 4 is 119 Å². The van der Waals surface area contributed by atoms with Crippen LogP contribution in [0, 0.1) is 70.4 Å². The van der Waals surface area contributed by atoms with Crippen LogP contribution in [0.1, 0.15) is 238 Å². The molecular formula is C98H163N9O34Y. The second-order valence-electron chi connectivity index (χ2n) is 45.0. The molecule has 1 aliphatic rings. The van der Waals surface area contributed by atoms with Crippen molar-refractivity contribution in [2.45, 2.75) is 238 Å². The quantitative estimate of drug-likeness (QED) is 0.0174. The summed E-state index contributed by atoms with van der Waals surface area (Å²) in [6.45, 7) is 32.8. The van der Waals surface area contributed by atoms with Gasteiger partial charge in [-0.1, -0.05) is 0 Å². The summed E-state index contributed by atoms with van der Waals surface area (Å²) >= 11 is 0. The summed E-state index contributed by atoms with van der Waals surface area (Å²) in [5, 5.41) is 21.4. The third-order valence-corrected chi connectivity index (χ3v) is 20.4. The van der Waals surface area contributed by atoms with Gasteiger partial charge in [0.15, 0.2) is 0 Å². The molecule has 1 heterocycles. The van der Waals surface area contributed by atoms with Gasteiger partial charge in [0, 0.05) is 161 Å². The summed E-state index contributed by atoms with van der Waals surface area (Å²) in [4.78, 5) is 264. The number of hydrogen-bond acceptors (Lipinski definition) is 34. The average molecular weight is 2100 g/mol. The zero-order valence-corrected chi connectivity index (χ0v) is 91.9. The molecule has 0 unspecified atom stereocenters. The van der Waals surface area contributed by atoms with Crippen LogP contribution in [0.4, 0.5) is 0 Å². The Hall–Kier alpha value is -9.56. The van der Waals surface area contributed by atoms with Gasteiger partial charge < -0.3 is 109 Å². The maximum absolute atomic E-state index is 14.1. The van der Waals surface area contributed by atoms with E-state index in [9.17, 15) is 95.9 Å². The molecule has 0 aliphatic carbocycles. The molecule has 1 rings (SSSR count). The molecule has 0 spiro atoms. The van der Waals surface area contributed by atoms with E-state index < -0.39 is 321 Å². The molecule has 0 fully saturated rings. The van der Waals surface area contributed by atoms with E-state index in [-0.39, 0.29) is 130 Å². The van der Waals surface area contributed by atoms with Gasteiger partial charge in [-0.3, -0.25) is 101 Å². The number of amides is 10. The van der Waals surface area contributed by atoms with Gasteiger partial charge >= 0.3 is 53.7 Å². The van der Waals surface area contributed by atoms with Crippen molar-refractivity contribution in [3.63, 3.8) is 0 Å². The molecular weight excluding hydrogens is 1940 g/mol. The number of nitrogens with one attached hydrogen (secondary N) is 8. The van der Waals surface area contributed by atoms with E-state index in [1.165, 1.54) is 0 Å². The second kappa shape index (κ2) is 61.0. The van der Waals surface area contributed by atoms with Crippen molar-refractivity contribution in [2.75, 3.05) is 184 Å². The molecule has 0 bridgehead atoms. The number of ether oxygens (including phenoxy) is 14. The van der Waals surface area contributed by atoms with Crippen LogP contribution in [0.25, 0.3) is 0 Å². The normalized spacial score (nSPS) is 12.9. The largest absolute Gasteiger partial charge is 0.464 e. The van der Waals surface area contributed by atoms with E-state index in [1.807, 2.05) is 0 Å². The van der Waals surface area contributed by atoms with Crippen LogP contribution in [0.15, 0.2) is 12.2 Å². The topological polar surface area (TPSA) is 570 Å². The van der Waals surface area contributed by atoms with Gasteiger partial charge in [-0.25, -0.2) is 0 Å². The number of Topliss-reactive ketones (excluding diaryl/α,β-unsaturated/α-hetero) is 1. The van der Waals surface area contributed by atoms with Gasteiger partial charge in [0.2, 0.25) is 47.3 Å². The maximum atomic E-state index is 14.1. The van der Waals surface area contributed by atoms with E-state index in [0.29, 0.717) is 6.42 Å². The smallest absolute Gasteiger partial charge is 0.311 e. The Labute approximate surface area is 861 Å². The SMILES string of the molecule is CC(C)(C)C(=O)OCC(COCC(=O)NCCC(=O)NCCC(=O)NCC(CNC(=O)CCNC(=O)COCC(COC(=O)C(C)(C)C)(COC(=O)C(C)(C)C)COC(=O)C(C)(C)C)(CNC(=O)CCNC(=O)COCC(COC(=O)C(C)(C)C)(COC(=O)C(C)(C)C)COC(=O)C(C)(C)C)COCCNC(=O)CCOCCCC(=O)CCN1C(=O)C=CC1=O)(COC(=O)C(C)(C)C)COC(=O)C(C)(C)C.[Y]. The molecule has 1 aliphatic heterocycles. The fraction of sp³-hybridized carbons (Fsp3) is 0.776. The first kappa shape index (κ1) is 132. The fourth-order valence-corrected chi connectivity index (χ4v) is 11.0. The average Bonchev–Trinajstić information content (AvgIpc) is 0.960. The van der Waals surface area contributed by atoms with Crippen molar-refractivity contribution in [3.05, 3.63) is 12.2 Å². The monoisotopic (exact) mass is 2100 g/mol. The molecule has 10 amide bonds. The number of esters is 9. The fourth-order valence-electron chi connectivity index (χ4n) is 11.0. The third kappa shape index (κ3) is 56.1. The summed E-state index contributed by atoms with van der Waals surface area (Å²) in [7, 11) is 0. The predicted octanol–water partition coefficient (Wildman–Crippen LogP) is 4.86. The van der Waals surface area contributed by atoms with Gasteiger partial charge in [0.25, 0.3) is 11.8 Å². The number of carbonyl (C=O) groups excluding carboxylic acids is 20. The van der Waals surface area contributed by atoms with Crippen molar-refractivity contribution in [1.82, 2.24) is 47.4 Å². The van der Waals surface area contributed by atoms with E-state index in [2.05, 4.69) is 42.5 Å². The Balaban J connectivity index is 0.000199. The van der Waals surface area contributed by atoms with Crippen LogP contribution in [-0.2, 0) is 195 Å². The van der Waals surface area contributed by atoms with Crippen molar-refractivity contribution < 1.29 is 195 Å². The molecule has 0 aromatic rings. The van der Waals surface area contributed by atoms with Crippen LogP contribution in [0.3, 0.4) is 0 Å². The zero-order valence-electron chi connectivity index (χ0n) is 89.0. The van der Waals surface area contributed by atoms with Crippen LogP contribution in [0.5, 0.6) is 0 Å². The Kier molecular flexibility index (Phi) is 56.9. The number of nitrogens with zero attached hydrogens (tertiary/aromatic N) is 1. The van der Waals surface area contributed by atoms with Crippen LogP contribution in [-0.4, -0.2) is 308 Å². The molecule has 0 aromatic carbocycles. The van der Waals surface area contributed by atoms with Gasteiger partial charge in [-0.2, -0.15) is 0 Å². The van der Waals surface area contributed by atoms with E-state index in [0.717, 1.165) is 17.1 Å². The molecule has 44 heteroatoms. The van der Waals surface area contributed by atoms with Gasteiger partial charge in [0.05, 0.1) is 105 Å². The first-order chi connectivity index (χ1) is 64.7. The van der Waals surface area contributed by atoms with E-state index in [1.54, 1.807) is 187 Å². The predicted molar refractivity (Wildman–Crippen MR) is 509 cm³/mol. The number of imide groups is 1. The standard InChI is InChI=1S/C98H163N9O34.Y/c1-86(2,3)77(119)133-57-96(58-134-78(120)87(4,5)6,59-135-79(121)88(7,8)9)54-130-47-72(114)100-39-32-67(109)99-38-33-68(110)104-50-95(53-129-46-42-103-71(113)37-45-128-44-28-29-66(108)36-43-107-75(117)30-31-76(107)118,51-105-69(111)34-40-101-73(115)48-131-55-97(60-136-80(122)89(10,11)12,61-137-81(123)90(13,14)15)62-138-82(124)91(16,17)18)52-106-70(112)35-41-102-74(116)49-132-56-98(63-139-83(125)92(19,20)21,64-140-84(126)93(22,23)24)65-141-85(127)94(25,26)27;/h30-31H,28-29,32-65H2,1-27H3,(H,99,109)(H,100,114)(H,101,115)(H,102,116)(H,103,113)(H,104,110)(H,105,111)(H,106,112);. The number of carbonyl (C=O) groups is 20. The van der Waals surface area contributed by atoms with E-state index in [4.69, 9.17) is 66.3 Å². The van der Waals surface area contributed by atoms with Crippen molar-refractivity contribution in [2.24, 2.45) is 70.4 Å². The summed E-state index contributed by atoms with van der Waals surface area (Å²) in [5.74, 6) is -12.4. The van der Waals surface area contributed by atoms with Gasteiger partial charge in [-0.15, -0.1) is 0 Å². The maximum Gasteiger partial charge on any atom is 0.311 e. The first-order valence-corrected chi connectivity index (χ1v) is 47.3. The Bertz CT molecular complexity index is 3860. The molecule has 0 atom stereocenters. The van der Waals surface area contributed by atoms with Crippen LogP contribution in [0.2, 0.25) is 0 Å². The molecule has 0 saturated carbocycles. The Morgan fingerprint density at radius 3 is 0.697 bits per heavy atom. The van der Waals surface area contributed by atoms with E-state index >= 15 is 0 Å². The Morgan fingerprint density at radius 1 is 0.232 bits per heavy atom. The van der Waals surface area contributed by atoms with Gasteiger partial charge in [0.1, 0.15) is 85.1 Å². The van der Waals surface area contributed by atoms with Gasteiger partial charge in [-0.05, 0) is 193 Å². The summed E-state index contributed by atoms with van der Waals surface area (Å²) in [5.41, 5.74) is -15.1. The molecule has 1 radical (unpaired) electrons. The first-order valence-electron chi connectivity index (χ1n) is 47.3. The molecule has 0 aromatic heterocycles. The van der Waals surface area contributed by atoms with Crippen molar-refractivity contribution in [1.29, 1.82) is 0 Å². The third-order valence-electron chi connectivity index (χ3n) is 20.4. The summed E-state index contributed by atoms with van der Waals surface area (Å²) in [6, 6.07) is 0. The minimum Gasteiger partial charge on any atom is -0.464 e. The minimum atomic E-state index is -1.55. The molecule has 807 valence electrons. The summed E-state index contributed by atoms with van der Waals surface area (Å²) in [6.07, 6.45) is 0.953. The Morgan fingerprint density at radius 2 is 0.451 bits per heavy atom. The second-order valence-corrected chi connectivity index (χ2v) is 45.0. The molecule has 142 heavy (non-hydrogen) atoms. The molecule has 0 saturated heterocycles. The summed E-state index contributed by atoms with van der Waals surface area (Å²) < 4.78 is 80.5. The minimum absolute atomic E-state index is 0. The molecule has 8 N–H and O–H groups in total. The number of rotatable bonds is 63.